The van der Waals surface area contributed by atoms with E-state index in [4.69, 9.17) is 5.73 Å². The summed E-state index contributed by atoms with van der Waals surface area (Å²) < 4.78 is 1.17. The molecule has 18 heavy (non-hydrogen) atoms. The van der Waals surface area contributed by atoms with Gasteiger partial charge in [0.2, 0.25) is 0 Å². The topological polar surface area (TPSA) is 26.0 Å². The van der Waals surface area contributed by atoms with Crippen molar-refractivity contribution in [1.82, 2.24) is 0 Å². The van der Waals surface area contributed by atoms with Crippen LogP contribution in [0.1, 0.15) is 36.9 Å². The molecule has 2 heteroatoms. The summed E-state index contributed by atoms with van der Waals surface area (Å²) in [6, 6.07) is 11.0. The van der Waals surface area contributed by atoms with Gasteiger partial charge in [0.1, 0.15) is 0 Å². The van der Waals surface area contributed by atoms with Crippen LogP contribution in [0.15, 0.2) is 34.8 Å². The zero-order chi connectivity index (χ0) is 12.7. The monoisotopic (exact) mass is 303 g/mol. The Morgan fingerprint density at radius 3 is 2.72 bits per heavy atom. The Balaban J connectivity index is 2.28. The maximum absolute atomic E-state index is 6.38. The summed E-state index contributed by atoms with van der Waals surface area (Å²) in [6.07, 6.45) is 3.49. The molecule has 2 aromatic rings. The van der Waals surface area contributed by atoms with Crippen molar-refractivity contribution in [2.75, 3.05) is 0 Å². The van der Waals surface area contributed by atoms with E-state index in [9.17, 15) is 0 Å². The Labute approximate surface area is 117 Å². The van der Waals surface area contributed by atoms with Crippen molar-refractivity contribution in [2.45, 2.75) is 32.2 Å². The molecule has 2 N–H and O–H groups in total. The van der Waals surface area contributed by atoms with Crippen molar-refractivity contribution in [3.05, 3.63) is 45.9 Å². The highest BCUT2D eigenvalue weighted by Gasteiger charge is 2.22. The van der Waals surface area contributed by atoms with Crippen molar-refractivity contribution in [1.29, 1.82) is 0 Å². The fourth-order valence-electron chi connectivity index (χ4n) is 3.09. The first-order valence-electron chi connectivity index (χ1n) is 6.62. The third-order valence-corrected chi connectivity index (χ3v) is 4.74. The number of hydrogen-bond acceptors (Lipinski definition) is 1. The van der Waals surface area contributed by atoms with E-state index in [1.54, 1.807) is 0 Å². The molecule has 2 aromatic carbocycles. The summed E-state index contributed by atoms with van der Waals surface area (Å²) in [5.74, 6) is 0.713. The zero-order valence-corrected chi connectivity index (χ0v) is 12.2. The molecule has 2 atom stereocenters. The SMILES string of the molecule is CC1CCc2c(cc(Br)c3ccccc23)C(N)C1. The molecular formula is C16H18BrN. The Morgan fingerprint density at radius 1 is 1.22 bits per heavy atom. The second-order valence-electron chi connectivity index (χ2n) is 5.46. The van der Waals surface area contributed by atoms with Gasteiger partial charge in [0.25, 0.3) is 0 Å². The molecule has 1 nitrogen and oxygen atoms in total. The van der Waals surface area contributed by atoms with E-state index < -0.39 is 0 Å². The number of benzene rings is 2. The Bertz CT molecular complexity index is 591. The van der Waals surface area contributed by atoms with Crippen molar-refractivity contribution in [3.8, 4) is 0 Å². The quantitative estimate of drug-likeness (QED) is 0.709. The minimum absolute atomic E-state index is 0.179. The van der Waals surface area contributed by atoms with Gasteiger partial charge in [0, 0.05) is 10.5 Å². The summed E-state index contributed by atoms with van der Waals surface area (Å²) in [6.45, 7) is 2.31. The first-order valence-corrected chi connectivity index (χ1v) is 7.41. The van der Waals surface area contributed by atoms with E-state index in [0.717, 1.165) is 12.8 Å². The molecule has 0 radical (unpaired) electrons. The number of rotatable bonds is 0. The highest BCUT2D eigenvalue weighted by molar-refractivity contribution is 9.10. The first kappa shape index (κ1) is 12.2. The third-order valence-electron chi connectivity index (χ3n) is 4.08. The van der Waals surface area contributed by atoms with Crippen molar-refractivity contribution in [2.24, 2.45) is 11.7 Å². The molecule has 3 rings (SSSR count). The predicted molar refractivity (Wildman–Crippen MR) is 80.7 cm³/mol. The normalized spacial score (nSPS) is 23.7. The molecule has 0 aromatic heterocycles. The van der Waals surface area contributed by atoms with E-state index in [0.29, 0.717) is 5.92 Å². The van der Waals surface area contributed by atoms with Gasteiger partial charge < -0.3 is 5.73 Å². The van der Waals surface area contributed by atoms with E-state index in [2.05, 4.69) is 53.2 Å². The molecule has 0 saturated heterocycles. The van der Waals surface area contributed by atoms with Crippen molar-refractivity contribution in [3.63, 3.8) is 0 Å². The van der Waals surface area contributed by atoms with Crippen LogP contribution >= 0.6 is 15.9 Å². The highest BCUT2D eigenvalue weighted by Crippen LogP contribution is 2.37. The lowest BCUT2D eigenvalue weighted by Gasteiger charge is -2.17. The maximum atomic E-state index is 6.38. The zero-order valence-electron chi connectivity index (χ0n) is 10.6. The molecule has 0 saturated carbocycles. The van der Waals surface area contributed by atoms with Crippen LogP contribution in [0.5, 0.6) is 0 Å². The molecule has 0 heterocycles. The lowest BCUT2D eigenvalue weighted by Crippen LogP contribution is -2.13. The molecule has 0 spiro atoms. The van der Waals surface area contributed by atoms with Gasteiger partial charge in [-0.25, -0.2) is 0 Å². The minimum atomic E-state index is 0.179. The van der Waals surface area contributed by atoms with Gasteiger partial charge >= 0.3 is 0 Å². The number of halogens is 1. The van der Waals surface area contributed by atoms with Crippen molar-refractivity contribution >= 4 is 26.7 Å². The van der Waals surface area contributed by atoms with E-state index in [1.165, 1.54) is 32.8 Å². The van der Waals surface area contributed by atoms with Gasteiger partial charge in [-0.05, 0) is 53.1 Å². The van der Waals surface area contributed by atoms with E-state index in [-0.39, 0.29) is 6.04 Å². The summed E-state index contributed by atoms with van der Waals surface area (Å²) in [5, 5.41) is 2.67. The fourth-order valence-corrected chi connectivity index (χ4v) is 3.68. The van der Waals surface area contributed by atoms with Crippen LogP contribution in [0.2, 0.25) is 0 Å². The minimum Gasteiger partial charge on any atom is -0.324 e. The molecule has 2 unspecified atom stereocenters. The van der Waals surface area contributed by atoms with Crippen LogP contribution in [0.25, 0.3) is 10.8 Å². The maximum Gasteiger partial charge on any atom is 0.0300 e. The predicted octanol–water partition coefficient (Wildman–Crippen LogP) is 4.57. The smallest absolute Gasteiger partial charge is 0.0300 e. The molecular weight excluding hydrogens is 286 g/mol. The average molecular weight is 304 g/mol. The van der Waals surface area contributed by atoms with Crippen LogP contribution in [-0.4, -0.2) is 0 Å². The lowest BCUT2D eigenvalue weighted by atomic mass is 9.94. The number of fused-ring (bicyclic) bond motifs is 3. The number of nitrogens with two attached hydrogens (primary N) is 1. The summed E-state index contributed by atoms with van der Waals surface area (Å²) in [7, 11) is 0. The second-order valence-corrected chi connectivity index (χ2v) is 6.31. The largest absolute Gasteiger partial charge is 0.324 e. The van der Waals surface area contributed by atoms with Gasteiger partial charge in [-0.1, -0.05) is 47.1 Å². The lowest BCUT2D eigenvalue weighted by molar-refractivity contribution is 0.464. The van der Waals surface area contributed by atoms with Crippen LogP contribution < -0.4 is 5.73 Å². The van der Waals surface area contributed by atoms with Crippen LogP contribution in [0.4, 0.5) is 0 Å². The molecule has 0 bridgehead atoms. The number of hydrogen-bond donors (Lipinski definition) is 1. The summed E-state index contributed by atoms with van der Waals surface area (Å²) in [4.78, 5) is 0. The van der Waals surface area contributed by atoms with Crippen LogP contribution in [0.3, 0.4) is 0 Å². The summed E-state index contributed by atoms with van der Waals surface area (Å²) >= 11 is 3.69. The first-order chi connectivity index (χ1) is 8.66. The average Bonchev–Trinajstić information content (AvgIpc) is 2.50. The molecule has 0 aliphatic heterocycles. The molecule has 94 valence electrons. The van der Waals surface area contributed by atoms with Crippen LogP contribution in [0, 0.1) is 5.92 Å². The van der Waals surface area contributed by atoms with Gasteiger partial charge in [-0.3, -0.25) is 0 Å². The van der Waals surface area contributed by atoms with Crippen LogP contribution in [-0.2, 0) is 6.42 Å². The molecule has 0 amide bonds. The standard InChI is InChI=1S/C16H18BrN/c1-10-6-7-12-11-4-2-3-5-13(11)15(17)9-14(12)16(18)8-10/h2-5,9-10,16H,6-8,18H2,1H3. The summed E-state index contributed by atoms with van der Waals surface area (Å²) in [5.41, 5.74) is 9.18. The Morgan fingerprint density at radius 2 is 1.94 bits per heavy atom. The van der Waals surface area contributed by atoms with Gasteiger partial charge in [0.15, 0.2) is 0 Å². The Kier molecular flexibility index (Phi) is 3.16. The van der Waals surface area contributed by atoms with Gasteiger partial charge in [-0.15, -0.1) is 0 Å². The van der Waals surface area contributed by atoms with Gasteiger partial charge in [0.05, 0.1) is 0 Å². The van der Waals surface area contributed by atoms with E-state index >= 15 is 0 Å². The van der Waals surface area contributed by atoms with Crippen molar-refractivity contribution < 1.29 is 0 Å². The molecule has 0 fully saturated rings. The molecule has 1 aliphatic rings. The highest BCUT2D eigenvalue weighted by atomic mass is 79.9. The Hall–Kier alpha value is -0.860. The fraction of sp³-hybridized carbons (Fsp3) is 0.375. The number of aryl methyl sites for hydroxylation is 1. The third kappa shape index (κ3) is 1.98. The second kappa shape index (κ2) is 4.67. The van der Waals surface area contributed by atoms with E-state index in [1.807, 2.05) is 0 Å². The van der Waals surface area contributed by atoms with Gasteiger partial charge in [-0.2, -0.15) is 0 Å². The molecule has 1 aliphatic carbocycles.